The van der Waals surface area contributed by atoms with Crippen LogP contribution in [0.5, 0.6) is 0 Å². The standard InChI is InChI=1S/C18H18N6OS3/c1-10-11(2)26-15-13(10)16(22-14(21-15)12-5-4-6-19-9-12)27-18-24-23-17(28-18)20-7-8-25-3/h4-6,9H,7-8H2,1-3H3,(H,20,23). The number of fused-ring (bicyclic) bond motifs is 1. The molecule has 4 aromatic heterocycles. The number of rotatable bonds is 7. The molecule has 28 heavy (non-hydrogen) atoms. The fraction of sp³-hybridized carbons (Fsp3) is 0.278. The Morgan fingerprint density at radius 1 is 1.18 bits per heavy atom. The molecule has 0 fully saturated rings. The summed E-state index contributed by atoms with van der Waals surface area (Å²) in [6.45, 7) is 5.55. The van der Waals surface area contributed by atoms with Crippen molar-refractivity contribution in [1.82, 2.24) is 25.1 Å². The topological polar surface area (TPSA) is 85.7 Å². The minimum Gasteiger partial charge on any atom is -0.383 e. The van der Waals surface area contributed by atoms with E-state index in [1.54, 1.807) is 30.8 Å². The number of aryl methyl sites for hydroxylation is 2. The SMILES string of the molecule is COCCNc1nnc(Sc2nc(-c3cccnc3)nc3sc(C)c(C)c23)s1. The molecule has 0 aliphatic heterocycles. The van der Waals surface area contributed by atoms with Crippen LogP contribution in [0.25, 0.3) is 21.6 Å². The average molecular weight is 431 g/mol. The van der Waals surface area contributed by atoms with E-state index in [1.807, 2.05) is 12.1 Å². The zero-order chi connectivity index (χ0) is 19.5. The first kappa shape index (κ1) is 19.2. The zero-order valence-electron chi connectivity index (χ0n) is 15.6. The number of nitrogens with one attached hydrogen (secondary N) is 1. The minimum absolute atomic E-state index is 0.621. The van der Waals surface area contributed by atoms with Gasteiger partial charge in [0.2, 0.25) is 5.13 Å². The van der Waals surface area contributed by atoms with Crippen LogP contribution in [0.3, 0.4) is 0 Å². The second-order valence-corrected chi connectivity index (χ2v) is 9.37. The van der Waals surface area contributed by atoms with Crippen LogP contribution >= 0.6 is 34.4 Å². The van der Waals surface area contributed by atoms with Crippen molar-refractivity contribution in [3.05, 3.63) is 35.0 Å². The quantitative estimate of drug-likeness (QED) is 0.340. The summed E-state index contributed by atoms with van der Waals surface area (Å²) in [6, 6.07) is 3.86. The second kappa shape index (κ2) is 8.48. The van der Waals surface area contributed by atoms with Gasteiger partial charge in [0.1, 0.15) is 9.86 Å². The van der Waals surface area contributed by atoms with E-state index in [0.29, 0.717) is 19.0 Å². The van der Waals surface area contributed by atoms with Crippen molar-refractivity contribution in [1.29, 1.82) is 0 Å². The average Bonchev–Trinajstić information content (AvgIpc) is 3.27. The van der Waals surface area contributed by atoms with E-state index in [4.69, 9.17) is 14.7 Å². The number of hydrogen-bond acceptors (Lipinski definition) is 10. The molecule has 0 unspecified atom stereocenters. The van der Waals surface area contributed by atoms with Gasteiger partial charge in [0, 0.05) is 41.9 Å². The summed E-state index contributed by atoms with van der Waals surface area (Å²) in [4.78, 5) is 16.0. The molecule has 10 heteroatoms. The third kappa shape index (κ3) is 4.00. The summed E-state index contributed by atoms with van der Waals surface area (Å²) in [5.41, 5.74) is 2.11. The molecule has 0 aliphatic rings. The summed E-state index contributed by atoms with van der Waals surface area (Å²) in [5, 5.41) is 14.5. The predicted octanol–water partition coefficient (Wildman–Crippen LogP) is 4.43. The fourth-order valence-corrected chi connectivity index (χ4v) is 5.54. The molecule has 0 bridgehead atoms. The maximum absolute atomic E-state index is 5.05. The molecule has 4 aromatic rings. The van der Waals surface area contributed by atoms with E-state index < -0.39 is 0 Å². The Kier molecular flexibility index (Phi) is 5.81. The Hall–Kier alpha value is -2.14. The summed E-state index contributed by atoms with van der Waals surface area (Å²) in [5.74, 6) is 0.673. The highest BCUT2D eigenvalue weighted by atomic mass is 32.2. The van der Waals surface area contributed by atoms with E-state index in [-0.39, 0.29) is 0 Å². The second-order valence-electron chi connectivity index (χ2n) is 5.95. The van der Waals surface area contributed by atoms with Crippen LogP contribution in [0.15, 0.2) is 33.9 Å². The van der Waals surface area contributed by atoms with Crippen molar-refractivity contribution >= 4 is 49.8 Å². The first-order valence-corrected chi connectivity index (χ1v) is 11.0. The summed E-state index contributed by atoms with van der Waals surface area (Å²) in [7, 11) is 1.68. The molecule has 4 heterocycles. The van der Waals surface area contributed by atoms with Gasteiger partial charge in [-0.05, 0) is 43.3 Å². The number of nitrogens with zero attached hydrogens (tertiary/aromatic N) is 5. The fourth-order valence-electron chi connectivity index (χ4n) is 2.58. The Balaban J connectivity index is 1.71. The van der Waals surface area contributed by atoms with Crippen molar-refractivity contribution in [2.24, 2.45) is 0 Å². The van der Waals surface area contributed by atoms with Crippen LogP contribution in [0.1, 0.15) is 10.4 Å². The maximum atomic E-state index is 5.05. The zero-order valence-corrected chi connectivity index (χ0v) is 18.0. The smallest absolute Gasteiger partial charge is 0.206 e. The van der Waals surface area contributed by atoms with Crippen molar-refractivity contribution in [3.8, 4) is 11.4 Å². The molecule has 0 spiro atoms. The highest BCUT2D eigenvalue weighted by molar-refractivity contribution is 8.01. The highest BCUT2D eigenvalue weighted by Gasteiger charge is 2.18. The van der Waals surface area contributed by atoms with Gasteiger partial charge in [0.25, 0.3) is 0 Å². The van der Waals surface area contributed by atoms with Gasteiger partial charge < -0.3 is 10.1 Å². The first-order valence-electron chi connectivity index (χ1n) is 8.58. The summed E-state index contributed by atoms with van der Waals surface area (Å²) >= 11 is 4.72. The van der Waals surface area contributed by atoms with Gasteiger partial charge in [-0.2, -0.15) is 0 Å². The lowest BCUT2D eigenvalue weighted by Gasteiger charge is -2.05. The van der Waals surface area contributed by atoms with Crippen molar-refractivity contribution in [2.45, 2.75) is 23.2 Å². The summed E-state index contributed by atoms with van der Waals surface area (Å²) in [6.07, 6.45) is 3.53. The van der Waals surface area contributed by atoms with E-state index in [1.165, 1.54) is 33.5 Å². The van der Waals surface area contributed by atoms with Gasteiger partial charge in [-0.15, -0.1) is 21.5 Å². The van der Waals surface area contributed by atoms with Crippen LogP contribution in [-0.2, 0) is 4.74 Å². The van der Waals surface area contributed by atoms with E-state index in [2.05, 4.69) is 34.3 Å². The van der Waals surface area contributed by atoms with Crippen molar-refractivity contribution in [3.63, 3.8) is 0 Å². The Morgan fingerprint density at radius 2 is 2.07 bits per heavy atom. The van der Waals surface area contributed by atoms with Gasteiger partial charge in [0.15, 0.2) is 10.2 Å². The van der Waals surface area contributed by atoms with Crippen LogP contribution in [0.2, 0.25) is 0 Å². The Morgan fingerprint density at radius 3 is 2.86 bits per heavy atom. The molecular formula is C18H18N6OS3. The third-order valence-corrected chi connectivity index (χ3v) is 7.11. The molecule has 0 amide bonds. The van der Waals surface area contributed by atoms with Gasteiger partial charge >= 0.3 is 0 Å². The Bertz CT molecular complexity index is 1100. The highest BCUT2D eigenvalue weighted by Crippen LogP contribution is 2.40. The third-order valence-electron chi connectivity index (χ3n) is 4.09. The normalized spacial score (nSPS) is 11.2. The number of aromatic nitrogens is 5. The molecule has 0 saturated heterocycles. The van der Waals surface area contributed by atoms with E-state index in [9.17, 15) is 0 Å². The lowest BCUT2D eigenvalue weighted by molar-refractivity contribution is 0.211. The number of methoxy groups -OCH3 is 1. The minimum atomic E-state index is 0.621. The van der Waals surface area contributed by atoms with Gasteiger partial charge in [0.05, 0.1) is 6.61 Å². The molecule has 0 aliphatic carbocycles. The molecule has 0 atom stereocenters. The lowest BCUT2D eigenvalue weighted by atomic mass is 10.2. The maximum Gasteiger partial charge on any atom is 0.206 e. The van der Waals surface area contributed by atoms with Crippen LogP contribution < -0.4 is 5.32 Å². The van der Waals surface area contributed by atoms with Crippen molar-refractivity contribution in [2.75, 3.05) is 25.6 Å². The van der Waals surface area contributed by atoms with Gasteiger partial charge in [-0.3, -0.25) is 4.98 Å². The van der Waals surface area contributed by atoms with Crippen LogP contribution in [-0.4, -0.2) is 45.4 Å². The van der Waals surface area contributed by atoms with Crippen LogP contribution in [0.4, 0.5) is 5.13 Å². The van der Waals surface area contributed by atoms with Crippen LogP contribution in [0, 0.1) is 13.8 Å². The molecule has 144 valence electrons. The van der Waals surface area contributed by atoms with Gasteiger partial charge in [-0.1, -0.05) is 11.3 Å². The molecule has 0 saturated carbocycles. The Labute approximate surface area is 174 Å². The van der Waals surface area contributed by atoms with E-state index in [0.717, 1.165) is 30.3 Å². The molecule has 0 aromatic carbocycles. The monoisotopic (exact) mass is 430 g/mol. The number of ether oxygens (including phenoxy) is 1. The first-order chi connectivity index (χ1) is 13.7. The largest absolute Gasteiger partial charge is 0.383 e. The summed E-state index contributed by atoms with van der Waals surface area (Å²) < 4.78 is 5.89. The molecule has 4 rings (SSSR count). The van der Waals surface area contributed by atoms with Gasteiger partial charge in [-0.25, -0.2) is 9.97 Å². The molecular weight excluding hydrogens is 412 g/mol. The molecule has 7 nitrogen and oxygen atoms in total. The molecule has 0 radical (unpaired) electrons. The number of anilines is 1. The lowest BCUT2D eigenvalue weighted by Crippen LogP contribution is -2.06. The number of thiophene rings is 1. The molecule has 1 N–H and O–H groups in total. The van der Waals surface area contributed by atoms with Crippen molar-refractivity contribution < 1.29 is 4.74 Å². The predicted molar refractivity (Wildman–Crippen MR) is 115 cm³/mol. The number of pyridine rings is 1. The van der Waals surface area contributed by atoms with E-state index >= 15 is 0 Å². The number of hydrogen-bond donors (Lipinski definition) is 1.